The summed E-state index contributed by atoms with van der Waals surface area (Å²) in [5.74, 6) is -0.116. The van der Waals surface area contributed by atoms with E-state index in [1.54, 1.807) is 6.07 Å². The lowest BCUT2D eigenvalue weighted by Crippen LogP contribution is -2.43. The zero-order valence-corrected chi connectivity index (χ0v) is 11.7. The van der Waals surface area contributed by atoms with Gasteiger partial charge in [-0.1, -0.05) is 12.1 Å². The first-order chi connectivity index (χ1) is 9.83. The Hall–Kier alpha value is -1.01. The Bertz CT molecular complexity index is 443. The van der Waals surface area contributed by atoms with Gasteiger partial charge in [0.05, 0.1) is 12.7 Å². The van der Waals surface area contributed by atoms with E-state index in [0.717, 1.165) is 50.4 Å². The minimum atomic E-state index is -0.116. The minimum Gasteiger partial charge on any atom is -0.371 e. The second-order valence-corrected chi connectivity index (χ2v) is 5.44. The molecule has 2 saturated heterocycles. The molecule has 0 saturated carbocycles. The van der Waals surface area contributed by atoms with Gasteiger partial charge in [0, 0.05) is 51.4 Å². The molecule has 2 fully saturated rings. The molecule has 0 aliphatic carbocycles. The fraction of sp³-hybridized carbons (Fsp3) is 0.600. The largest absolute Gasteiger partial charge is 0.371 e. The lowest BCUT2D eigenvalue weighted by Gasteiger charge is -2.28. The van der Waals surface area contributed by atoms with Crippen molar-refractivity contribution in [2.24, 2.45) is 0 Å². The van der Waals surface area contributed by atoms with Crippen molar-refractivity contribution in [1.82, 2.24) is 15.5 Å². The van der Waals surface area contributed by atoms with Crippen molar-refractivity contribution in [3.05, 3.63) is 35.1 Å². The van der Waals surface area contributed by atoms with Gasteiger partial charge in [0.2, 0.25) is 0 Å². The molecular weight excluding hydrogens is 257 g/mol. The Morgan fingerprint density at radius 2 is 2.05 bits per heavy atom. The van der Waals surface area contributed by atoms with Crippen LogP contribution in [0.15, 0.2) is 18.2 Å². The van der Waals surface area contributed by atoms with E-state index >= 15 is 0 Å². The predicted molar refractivity (Wildman–Crippen MR) is 76.1 cm³/mol. The van der Waals surface area contributed by atoms with E-state index < -0.39 is 0 Å². The number of ether oxygens (including phenoxy) is 1. The Morgan fingerprint density at radius 1 is 1.20 bits per heavy atom. The Labute approximate surface area is 119 Å². The smallest absolute Gasteiger partial charge is 0.128 e. The van der Waals surface area contributed by atoms with E-state index in [1.807, 2.05) is 12.1 Å². The van der Waals surface area contributed by atoms with E-state index in [0.29, 0.717) is 13.2 Å². The zero-order chi connectivity index (χ0) is 13.8. The molecule has 2 aliphatic rings. The van der Waals surface area contributed by atoms with E-state index in [2.05, 4.69) is 15.5 Å². The third-order valence-corrected chi connectivity index (χ3v) is 3.98. The van der Waals surface area contributed by atoms with Gasteiger partial charge in [0.25, 0.3) is 0 Å². The molecule has 2 aliphatic heterocycles. The molecule has 0 bridgehead atoms. The number of hydrogen-bond acceptors (Lipinski definition) is 4. The minimum absolute atomic E-state index is 0.0218. The summed E-state index contributed by atoms with van der Waals surface area (Å²) < 4.78 is 19.9. The van der Waals surface area contributed by atoms with Crippen molar-refractivity contribution in [1.29, 1.82) is 0 Å². The maximum atomic E-state index is 14.2. The molecule has 1 unspecified atom stereocenters. The van der Waals surface area contributed by atoms with Gasteiger partial charge in [-0.2, -0.15) is 0 Å². The molecule has 2 heterocycles. The molecular formula is C15H22FN3O. The van der Waals surface area contributed by atoms with E-state index in [4.69, 9.17) is 4.74 Å². The lowest BCUT2D eigenvalue weighted by atomic mass is 10.0. The maximum absolute atomic E-state index is 14.2. The fourth-order valence-electron chi connectivity index (χ4n) is 2.78. The van der Waals surface area contributed by atoms with Gasteiger partial charge in [0.15, 0.2) is 0 Å². The highest BCUT2D eigenvalue weighted by Crippen LogP contribution is 2.22. The number of rotatable bonds is 3. The first-order valence-electron chi connectivity index (χ1n) is 7.36. The van der Waals surface area contributed by atoms with Gasteiger partial charge in [-0.15, -0.1) is 0 Å². The SMILES string of the molecule is Fc1cc(C2CNCCO2)ccc1CN1CCNCC1. The zero-order valence-electron chi connectivity index (χ0n) is 11.7. The summed E-state index contributed by atoms with van der Waals surface area (Å²) in [6, 6.07) is 5.54. The van der Waals surface area contributed by atoms with Crippen molar-refractivity contribution < 1.29 is 9.13 Å². The molecule has 0 spiro atoms. The summed E-state index contributed by atoms with van der Waals surface area (Å²) in [7, 11) is 0. The van der Waals surface area contributed by atoms with Crippen molar-refractivity contribution >= 4 is 0 Å². The summed E-state index contributed by atoms with van der Waals surface area (Å²) in [5, 5.41) is 6.58. The maximum Gasteiger partial charge on any atom is 0.128 e. The Balaban J connectivity index is 1.66. The van der Waals surface area contributed by atoms with Crippen LogP contribution in [-0.2, 0) is 11.3 Å². The number of hydrogen-bond donors (Lipinski definition) is 2. The molecule has 0 radical (unpaired) electrons. The van der Waals surface area contributed by atoms with Crippen LogP contribution in [0.4, 0.5) is 4.39 Å². The molecule has 110 valence electrons. The topological polar surface area (TPSA) is 36.5 Å². The molecule has 5 heteroatoms. The number of nitrogens with one attached hydrogen (secondary N) is 2. The van der Waals surface area contributed by atoms with Crippen LogP contribution in [-0.4, -0.2) is 50.8 Å². The fourth-order valence-corrected chi connectivity index (χ4v) is 2.78. The summed E-state index contributed by atoms with van der Waals surface area (Å²) in [6.45, 7) is 6.96. The van der Waals surface area contributed by atoms with Crippen LogP contribution < -0.4 is 10.6 Å². The first-order valence-corrected chi connectivity index (χ1v) is 7.36. The first kappa shape index (κ1) is 13.9. The number of morpholine rings is 1. The van der Waals surface area contributed by atoms with Crippen LogP contribution in [0.3, 0.4) is 0 Å². The van der Waals surface area contributed by atoms with Gasteiger partial charge in [-0.05, 0) is 11.6 Å². The van der Waals surface area contributed by atoms with Crippen molar-refractivity contribution in [3.8, 4) is 0 Å². The van der Waals surface area contributed by atoms with Gasteiger partial charge < -0.3 is 15.4 Å². The molecule has 20 heavy (non-hydrogen) atoms. The number of benzene rings is 1. The standard InChI is InChI=1S/C15H22FN3O/c16-14-9-12(15-10-18-5-8-20-15)1-2-13(14)11-19-6-3-17-4-7-19/h1-2,9,15,17-18H,3-8,10-11H2. The van der Waals surface area contributed by atoms with Crippen LogP contribution in [0.2, 0.25) is 0 Å². The molecule has 4 nitrogen and oxygen atoms in total. The van der Waals surface area contributed by atoms with Crippen molar-refractivity contribution in [2.75, 3.05) is 45.9 Å². The highest BCUT2D eigenvalue weighted by Gasteiger charge is 2.18. The molecule has 1 aromatic rings. The number of halogens is 1. The normalized spacial score (nSPS) is 24.8. The Morgan fingerprint density at radius 3 is 2.75 bits per heavy atom. The third-order valence-electron chi connectivity index (χ3n) is 3.98. The van der Waals surface area contributed by atoms with Gasteiger partial charge >= 0.3 is 0 Å². The molecule has 2 N–H and O–H groups in total. The third kappa shape index (κ3) is 3.35. The number of nitrogens with zero attached hydrogens (tertiary/aromatic N) is 1. The average molecular weight is 279 g/mol. The summed E-state index contributed by atoms with van der Waals surface area (Å²) in [6.07, 6.45) is -0.0218. The van der Waals surface area contributed by atoms with Crippen LogP contribution in [0.5, 0.6) is 0 Å². The molecule has 3 rings (SSSR count). The molecule has 0 aromatic heterocycles. The number of piperazine rings is 1. The van der Waals surface area contributed by atoms with E-state index in [9.17, 15) is 4.39 Å². The lowest BCUT2D eigenvalue weighted by molar-refractivity contribution is 0.0275. The summed E-state index contributed by atoms with van der Waals surface area (Å²) in [4.78, 5) is 2.28. The van der Waals surface area contributed by atoms with Crippen molar-refractivity contribution in [2.45, 2.75) is 12.6 Å². The highest BCUT2D eigenvalue weighted by molar-refractivity contribution is 5.26. The van der Waals surface area contributed by atoms with Crippen molar-refractivity contribution in [3.63, 3.8) is 0 Å². The molecule has 0 amide bonds. The van der Waals surface area contributed by atoms with Gasteiger partial charge in [0.1, 0.15) is 5.82 Å². The molecule has 1 aromatic carbocycles. The highest BCUT2D eigenvalue weighted by atomic mass is 19.1. The second-order valence-electron chi connectivity index (χ2n) is 5.44. The van der Waals surface area contributed by atoms with Crippen LogP contribution >= 0.6 is 0 Å². The second kappa shape index (κ2) is 6.63. The molecule has 1 atom stereocenters. The summed E-state index contributed by atoms with van der Waals surface area (Å²) in [5.41, 5.74) is 1.71. The van der Waals surface area contributed by atoms with Crippen LogP contribution in [0.1, 0.15) is 17.2 Å². The van der Waals surface area contributed by atoms with Gasteiger partial charge in [-0.25, -0.2) is 4.39 Å². The van der Waals surface area contributed by atoms with Crippen LogP contribution in [0.25, 0.3) is 0 Å². The monoisotopic (exact) mass is 279 g/mol. The quantitative estimate of drug-likeness (QED) is 0.862. The van der Waals surface area contributed by atoms with E-state index in [1.165, 1.54) is 0 Å². The predicted octanol–water partition coefficient (Wildman–Crippen LogP) is 0.892. The van der Waals surface area contributed by atoms with Crippen LogP contribution in [0, 0.1) is 5.82 Å². The van der Waals surface area contributed by atoms with E-state index in [-0.39, 0.29) is 11.9 Å². The van der Waals surface area contributed by atoms with Gasteiger partial charge in [-0.3, -0.25) is 4.90 Å². The summed E-state index contributed by atoms with van der Waals surface area (Å²) >= 11 is 0. The Kier molecular flexibility index (Phi) is 4.62. The average Bonchev–Trinajstić information content (AvgIpc) is 2.51.